The van der Waals surface area contributed by atoms with Crippen molar-refractivity contribution in [2.45, 2.75) is 44.9 Å². The molecule has 2 atom stereocenters. The first-order chi connectivity index (χ1) is 11.7. The van der Waals surface area contributed by atoms with Crippen LogP contribution in [0.15, 0.2) is 42.7 Å². The normalized spacial score (nSPS) is 24.4. The van der Waals surface area contributed by atoms with Crippen molar-refractivity contribution in [3.05, 3.63) is 54.1 Å². The Balaban J connectivity index is 1.49. The fourth-order valence-corrected chi connectivity index (χ4v) is 3.94. The molecule has 1 aromatic carbocycles. The summed E-state index contributed by atoms with van der Waals surface area (Å²) in [6.45, 7) is 5.48. The fourth-order valence-electron chi connectivity index (χ4n) is 3.94. The molecule has 0 spiro atoms. The summed E-state index contributed by atoms with van der Waals surface area (Å²) < 4.78 is 2.19. The second-order valence-corrected chi connectivity index (χ2v) is 6.89. The van der Waals surface area contributed by atoms with Gasteiger partial charge in [-0.15, -0.1) is 0 Å². The molecule has 1 aromatic heterocycles. The predicted octanol–water partition coefficient (Wildman–Crippen LogP) is 2.13. The van der Waals surface area contributed by atoms with Gasteiger partial charge >= 0.3 is 0 Å². The molecule has 0 saturated carbocycles. The molecule has 2 aromatic rings. The van der Waals surface area contributed by atoms with Gasteiger partial charge in [0.25, 0.3) is 0 Å². The highest BCUT2D eigenvalue weighted by Crippen LogP contribution is 2.26. The zero-order valence-electron chi connectivity index (χ0n) is 14.1. The molecule has 0 N–H and O–H groups in total. The highest BCUT2D eigenvalue weighted by atomic mass is 16.2. The summed E-state index contributed by atoms with van der Waals surface area (Å²) in [7, 11) is 0. The van der Waals surface area contributed by atoms with Crippen LogP contribution in [0.1, 0.15) is 31.2 Å². The van der Waals surface area contributed by atoms with Gasteiger partial charge in [-0.25, -0.2) is 4.98 Å². The van der Waals surface area contributed by atoms with E-state index in [0.717, 1.165) is 44.8 Å². The molecule has 24 heavy (non-hydrogen) atoms. The van der Waals surface area contributed by atoms with E-state index in [1.54, 1.807) is 0 Å². The minimum atomic E-state index is -0.0544. The van der Waals surface area contributed by atoms with Crippen LogP contribution in [0.25, 0.3) is 0 Å². The van der Waals surface area contributed by atoms with Crippen molar-refractivity contribution in [1.82, 2.24) is 19.4 Å². The van der Waals surface area contributed by atoms with Crippen molar-refractivity contribution in [3.63, 3.8) is 0 Å². The van der Waals surface area contributed by atoms with Gasteiger partial charge in [-0.05, 0) is 25.3 Å². The molecule has 4 rings (SSSR count). The predicted molar refractivity (Wildman–Crippen MR) is 92.4 cm³/mol. The van der Waals surface area contributed by atoms with Gasteiger partial charge in [-0.3, -0.25) is 9.69 Å². The Morgan fingerprint density at radius 1 is 1.21 bits per heavy atom. The van der Waals surface area contributed by atoms with Crippen LogP contribution in [0.4, 0.5) is 0 Å². The number of carbonyl (C=O) groups is 1. The lowest BCUT2D eigenvalue weighted by Gasteiger charge is -2.41. The summed E-state index contributed by atoms with van der Waals surface area (Å²) in [5.74, 6) is 1.31. The molecule has 0 bridgehead atoms. The van der Waals surface area contributed by atoms with Gasteiger partial charge in [-0.1, -0.05) is 30.3 Å². The first kappa shape index (κ1) is 15.4. The number of nitrogens with zero attached hydrogens (tertiary/aromatic N) is 4. The number of imidazole rings is 1. The lowest BCUT2D eigenvalue weighted by atomic mass is 10.1. The minimum absolute atomic E-state index is 0.0544. The summed E-state index contributed by atoms with van der Waals surface area (Å²) >= 11 is 0. The van der Waals surface area contributed by atoms with Crippen molar-refractivity contribution in [2.24, 2.45) is 0 Å². The van der Waals surface area contributed by atoms with Crippen LogP contribution in [0, 0.1) is 0 Å². The smallest absolute Gasteiger partial charge is 0.239 e. The largest absolute Gasteiger partial charge is 0.337 e. The van der Waals surface area contributed by atoms with Crippen LogP contribution in [0.2, 0.25) is 0 Å². The molecule has 0 aliphatic carbocycles. The number of benzene rings is 1. The van der Waals surface area contributed by atoms with Crippen LogP contribution in [0.5, 0.6) is 0 Å². The Morgan fingerprint density at radius 3 is 2.88 bits per heavy atom. The van der Waals surface area contributed by atoms with Crippen LogP contribution in [-0.4, -0.2) is 50.4 Å². The summed E-state index contributed by atoms with van der Waals surface area (Å²) in [6.07, 6.45) is 6.16. The Kier molecular flexibility index (Phi) is 4.10. The van der Waals surface area contributed by atoms with Gasteiger partial charge in [0.05, 0.1) is 12.6 Å². The number of rotatable bonds is 4. The first-order valence-electron chi connectivity index (χ1n) is 8.81. The summed E-state index contributed by atoms with van der Waals surface area (Å²) in [5, 5.41) is 0. The highest BCUT2D eigenvalue weighted by Gasteiger charge is 2.40. The molecule has 1 amide bonds. The van der Waals surface area contributed by atoms with Crippen molar-refractivity contribution >= 4 is 5.91 Å². The molecular weight excluding hydrogens is 300 g/mol. The molecule has 2 aliphatic rings. The number of carbonyl (C=O) groups excluding carboxylic acids is 1. The molecule has 5 nitrogen and oxygen atoms in total. The second-order valence-electron chi connectivity index (χ2n) is 6.89. The van der Waals surface area contributed by atoms with Gasteiger partial charge in [-0.2, -0.15) is 0 Å². The first-order valence-corrected chi connectivity index (χ1v) is 8.81. The molecule has 2 aliphatic heterocycles. The topological polar surface area (TPSA) is 41.4 Å². The monoisotopic (exact) mass is 324 g/mol. The highest BCUT2D eigenvalue weighted by molar-refractivity contribution is 5.82. The summed E-state index contributed by atoms with van der Waals surface area (Å²) in [4.78, 5) is 21.5. The van der Waals surface area contributed by atoms with Crippen molar-refractivity contribution in [1.29, 1.82) is 0 Å². The third-order valence-corrected chi connectivity index (χ3v) is 5.35. The van der Waals surface area contributed by atoms with E-state index in [0.29, 0.717) is 6.04 Å². The maximum absolute atomic E-state index is 12.6. The van der Waals surface area contributed by atoms with Crippen LogP contribution >= 0.6 is 0 Å². The molecule has 2 fully saturated rings. The van der Waals surface area contributed by atoms with Gasteiger partial charge in [0.15, 0.2) is 0 Å². The SMILES string of the molecule is C[C@H]1C(=O)N2CCC[C@@H]2CN1Cc1nccn1Cc1ccccc1. The van der Waals surface area contributed by atoms with E-state index in [9.17, 15) is 4.79 Å². The number of piperazine rings is 1. The molecule has 3 heterocycles. The summed E-state index contributed by atoms with van der Waals surface area (Å²) in [5.41, 5.74) is 1.27. The number of hydrogen-bond donors (Lipinski definition) is 0. The molecule has 126 valence electrons. The van der Waals surface area contributed by atoms with E-state index in [4.69, 9.17) is 0 Å². The van der Waals surface area contributed by atoms with E-state index >= 15 is 0 Å². The average Bonchev–Trinajstić information content (AvgIpc) is 3.23. The van der Waals surface area contributed by atoms with Crippen LogP contribution < -0.4 is 0 Å². The Hall–Kier alpha value is -2.14. The van der Waals surface area contributed by atoms with Crippen LogP contribution in [0.3, 0.4) is 0 Å². The molecule has 0 radical (unpaired) electrons. The number of amides is 1. The van der Waals surface area contributed by atoms with Gasteiger partial charge < -0.3 is 9.47 Å². The van der Waals surface area contributed by atoms with Crippen LogP contribution in [-0.2, 0) is 17.9 Å². The Labute approximate surface area is 142 Å². The van der Waals surface area contributed by atoms with Gasteiger partial charge in [0, 0.05) is 38.1 Å². The van der Waals surface area contributed by atoms with Crippen molar-refractivity contribution < 1.29 is 4.79 Å². The number of fused-ring (bicyclic) bond motifs is 1. The van der Waals surface area contributed by atoms with Crippen molar-refractivity contribution in [3.8, 4) is 0 Å². The third-order valence-electron chi connectivity index (χ3n) is 5.35. The Bertz CT molecular complexity index is 711. The average molecular weight is 324 g/mol. The molecule has 2 saturated heterocycles. The lowest BCUT2D eigenvalue weighted by molar-refractivity contribution is -0.143. The standard InChI is InChI=1S/C19H24N4O/c1-15-19(24)23-10-5-8-17(23)13-22(15)14-18-20-9-11-21(18)12-16-6-3-2-4-7-16/h2-4,6-7,9,11,15,17H,5,8,10,12-14H2,1H3/t15-,17+/m0/s1. The quantitative estimate of drug-likeness (QED) is 0.865. The van der Waals surface area contributed by atoms with Gasteiger partial charge in [0.1, 0.15) is 5.82 Å². The zero-order valence-corrected chi connectivity index (χ0v) is 14.1. The van der Waals surface area contributed by atoms with E-state index in [1.165, 1.54) is 5.56 Å². The maximum atomic E-state index is 12.6. The molecular formula is C19H24N4O. The summed E-state index contributed by atoms with van der Waals surface area (Å²) in [6, 6.07) is 10.8. The number of hydrogen-bond acceptors (Lipinski definition) is 3. The second kappa shape index (κ2) is 6.40. The number of aromatic nitrogens is 2. The van der Waals surface area contributed by atoms with Gasteiger partial charge in [0.2, 0.25) is 5.91 Å². The third kappa shape index (κ3) is 2.84. The maximum Gasteiger partial charge on any atom is 0.239 e. The molecule has 0 unspecified atom stereocenters. The Morgan fingerprint density at radius 2 is 2.04 bits per heavy atom. The van der Waals surface area contributed by atoms with E-state index in [1.807, 2.05) is 25.4 Å². The van der Waals surface area contributed by atoms with E-state index < -0.39 is 0 Å². The fraction of sp³-hybridized carbons (Fsp3) is 0.474. The van der Waals surface area contributed by atoms with E-state index in [2.05, 4.69) is 43.6 Å². The minimum Gasteiger partial charge on any atom is -0.337 e. The molecule has 5 heteroatoms. The van der Waals surface area contributed by atoms with Crippen molar-refractivity contribution in [2.75, 3.05) is 13.1 Å². The zero-order chi connectivity index (χ0) is 16.5. The lowest BCUT2D eigenvalue weighted by Crippen LogP contribution is -2.58. The van der Waals surface area contributed by atoms with E-state index in [-0.39, 0.29) is 11.9 Å².